The molecule has 0 aliphatic rings. The summed E-state index contributed by atoms with van der Waals surface area (Å²) in [5.74, 6) is 0. The van der Waals surface area contributed by atoms with Gasteiger partial charge in [-0.1, -0.05) is 0 Å². The van der Waals surface area contributed by atoms with E-state index in [2.05, 4.69) is 0 Å². The van der Waals surface area contributed by atoms with Crippen LogP contribution in [-0.4, -0.2) is 24.4 Å². The summed E-state index contributed by atoms with van der Waals surface area (Å²) in [6, 6.07) is 0. The van der Waals surface area contributed by atoms with Crippen LogP contribution in [0.25, 0.3) is 0 Å². The maximum Gasteiger partial charge on any atom is 0.431 e. The Morgan fingerprint density at radius 2 is 1.25 bits per heavy atom. The van der Waals surface area contributed by atoms with Crippen molar-refractivity contribution >= 4 is 0 Å². The fourth-order valence-electron chi connectivity index (χ4n) is 0.523. The Morgan fingerprint density at radius 1 is 0.917 bits per heavy atom. The first-order valence-electron chi connectivity index (χ1n) is 2.82. The number of hydrogen-bond donors (Lipinski definition) is 0. The molecule has 2 atom stereocenters. The second kappa shape index (κ2) is 3.10. The molecule has 0 aromatic rings. The average molecular weight is 198 g/mol. The van der Waals surface area contributed by atoms with Gasteiger partial charge < -0.3 is 0 Å². The molecule has 0 spiro atoms. The smallest absolute Gasteiger partial charge is 0.244 e. The van der Waals surface area contributed by atoms with Crippen LogP contribution in [-0.2, 0) is 0 Å². The van der Waals surface area contributed by atoms with E-state index in [4.69, 9.17) is 0 Å². The molecule has 0 bridgehead atoms. The van der Waals surface area contributed by atoms with Crippen LogP contribution in [0.2, 0.25) is 0 Å². The van der Waals surface area contributed by atoms with Gasteiger partial charge in [0.05, 0.1) is 0 Å². The largest absolute Gasteiger partial charge is 0.431 e. The van der Waals surface area contributed by atoms with Crippen LogP contribution in [0, 0.1) is 0 Å². The van der Waals surface area contributed by atoms with Crippen molar-refractivity contribution in [2.75, 3.05) is 0 Å². The molecule has 0 nitrogen and oxygen atoms in total. The summed E-state index contributed by atoms with van der Waals surface area (Å²) in [6.07, 6.45) is -13.6. The van der Waals surface area contributed by atoms with Crippen molar-refractivity contribution in [1.29, 1.82) is 0 Å². The highest BCUT2D eigenvalue weighted by Gasteiger charge is 2.66. The summed E-state index contributed by atoms with van der Waals surface area (Å²) < 4.78 is 81.7. The highest BCUT2D eigenvalue weighted by molar-refractivity contribution is 4.94. The second-order valence-corrected chi connectivity index (χ2v) is 2.18. The Kier molecular flexibility index (Phi) is 2.97. The van der Waals surface area contributed by atoms with Gasteiger partial charge in [0.25, 0.3) is 12.1 Å². The third kappa shape index (κ3) is 1.64. The van der Waals surface area contributed by atoms with Crippen LogP contribution in [0.3, 0.4) is 0 Å². The predicted octanol–water partition coefficient (Wildman–Crippen LogP) is 2.88. The van der Waals surface area contributed by atoms with Crippen molar-refractivity contribution in [2.24, 2.45) is 0 Å². The number of rotatable bonds is 2. The molecule has 0 saturated heterocycles. The van der Waals surface area contributed by atoms with E-state index in [1.165, 1.54) is 0 Å². The summed E-state index contributed by atoms with van der Waals surface area (Å²) in [6.45, 7) is 0.0969. The fraction of sp³-hybridized carbons (Fsp3) is 1.00. The molecule has 7 heteroatoms. The van der Waals surface area contributed by atoms with Gasteiger partial charge in [0, 0.05) is 0 Å². The van der Waals surface area contributed by atoms with Crippen molar-refractivity contribution in [3.05, 3.63) is 0 Å². The molecule has 0 saturated carbocycles. The van der Waals surface area contributed by atoms with E-state index in [9.17, 15) is 30.7 Å². The average Bonchev–Trinajstić information content (AvgIpc) is 1.82. The zero-order valence-electron chi connectivity index (χ0n) is 5.80. The standard InChI is InChI=1S/C5H5F7/c1-2(6)4(9,3(7)8)5(10,11)12/h2-3H,1H3. The van der Waals surface area contributed by atoms with E-state index in [1.54, 1.807) is 0 Å². The van der Waals surface area contributed by atoms with Gasteiger partial charge in [0.1, 0.15) is 6.17 Å². The van der Waals surface area contributed by atoms with Crippen LogP contribution in [0.5, 0.6) is 0 Å². The minimum absolute atomic E-state index is 0.0969. The Labute approximate surface area is 63.4 Å². The molecule has 0 N–H and O–H groups in total. The minimum Gasteiger partial charge on any atom is -0.244 e. The normalized spacial score (nSPS) is 20.8. The van der Waals surface area contributed by atoms with Crippen molar-refractivity contribution in [1.82, 2.24) is 0 Å². The third-order valence-electron chi connectivity index (χ3n) is 1.33. The quantitative estimate of drug-likeness (QED) is 0.598. The number of halogens is 7. The van der Waals surface area contributed by atoms with Crippen molar-refractivity contribution < 1.29 is 30.7 Å². The van der Waals surface area contributed by atoms with Gasteiger partial charge in [-0.25, -0.2) is 17.6 Å². The Balaban J connectivity index is 4.89. The molecule has 0 fully saturated rings. The summed E-state index contributed by atoms with van der Waals surface area (Å²) in [5.41, 5.74) is -5.06. The van der Waals surface area contributed by atoms with Crippen LogP contribution in [0.1, 0.15) is 6.92 Å². The molecular weight excluding hydrogens is 193 g/mol. The van der Waals surface area contributed by atoms with Crippen LogP contribution < -0.4 is 0 Å². The molecule has 0 heterocycles. The predicted molar refractivity (Wildman–Crippen MR) is 26.5 cm³/mol. The molecule has 0 aromatic carbocycles. The first-order chi connectivity index (χ1) is 5.14. The Bertz CT molecular complexity index is 138. The Morgan fingerprint density at radius 3 is 1.25 bits per heavy atom. The molecule has 0 aromatic heterocycles. The van der Waals surface area contributed by atoms with E-state index < -0.39 is 24.4 Å². The lowest BCUT2D eigenvalue weighted by Crippen LogP contribution is -2.53. The summed E-state index contributed by atoms with van der Waals surface area (Å²) >= 11 is 0. The molecule has 0 rings (SSSR count). The second-order valence-electron chi connectivity index (χ2n) is 2.18. The number of alkyl halides is 7. The van der Waals surface area contributed by atoms with Crippen LogP contribution >= 0.6 is 0 Å². The SMILES string of the molecule is CC(F)C(F)(C(F)F)C(F)(F)F. The minimum atomic E-state index is -5.89. The zero-order valence-corrected chi connectivity index (χ0v) is 5.80. The van der Waals surface area contributed by atoms with E-state index in [0.717, 1.165) is 0 Å². The lowest BCUT2D eigenvalue weighted by Gasteiger charge is -2.27. The van der Waals surface area contributed by atoms with Gasteiger partial charge in [-0.05, 0) is 6.92 Å². The van der Waals surface area contributed by atoms with Gasteiger partial charge in [0.2, 0.25) is 0 Å². The van der Waals surface area contributed by atoms with E-state index in [0.29, 0.717) is 0 Å². The monoisotopic (exact) mass is 198 g/mol. The summed E-state index contributed by atoms with van der Waals surface area (Å²) in [4.78, 5) is 0. The molecular formula is C5H5F7. The van der Waals surface area contributed by atoms with E-state index in [-0.39, 0.29) is 6.92 Å². The van der Waals surface area contributed by atoms with Crippen molar-refractivity contribution in [3.8, 4) is 0 Å². The van der Waals surface area contributed by atoms with Crippen molar-refractivity contribution in [3.63, 3.8) is 0 Å². The summed E-state index contributed by atoms with van der Waals surface area (Å²) in [5, 5.41) is 0. The molecule has 0 amide bonds. The van der Waals surface area contributed by atoms with Crippen LogP contribution in [0.15, 0.2) is 0 Å². The topological polar surface area (TPSA) is 0 Å². The molecule has 74 valence electrons. The first kappa shape index (κ1) is 11.5. The number of hydrogen-bond acceptors (Lipinski definition) is 0. The fourth-order valence-corrected chi connectivity index (χ4v) is 0.523. The first-order valence-corrected chi connectivity index (χ1v) is 2.82. The maximum atomic E-state index is 12.3. The highest BCUT2D eigenvalue weighted by atomic mass is 19.4. The van der Waals surface area contributed by atoms with Gasteiger partial charge in [-0.2, -0.15) is 13.2 Å². The summed E-state index contributed by atoms with van der Waals surface area (Å²) in [7, 11) is 0. The Hall–Kier alpha value is -0.490. The van der Waals surface area contributed by atoms with Gasteiger partial charge in [0.15, 0.2) is 0 Å². The maximum absolute atomic E-state index is 12.3. The molecule has 0 radical (unpaired) electrons. The molecule has 0 aliphatic carbocycles. The molecule has 0 aliphatic heterocycles. The van der Waals surface area contributed by atoms with Crippen LogP contribution in [0.4, 0.5) is 30.7 Å². The van der Waals surface area contributed by atoms with Crippen molar-refractivity contribution in [2.45, 2.75) is 31.4 Å². The molecule has 12 heavy (non-hydrogen) atoms. The molecule has 2 unspecified atom stereocenters. The lowest BCUT2D eigenvalue weighted by molar-refractivity contribution is -0.285. The highest BCUT2D eigenvalue weighted by Crippen LogP contribution is 2.42. The zero-order chi connectivity index (χ0) is 10.2. The lowest BCUT2D eigenvalue weighted by atomic mass is 10.0. The third-order valence-corrected chi connectivity index (χ3v) is 1.33. The van der Waals surface area contributed by atoms with Gasteiger partial charge in [-0.15, -0.1) is 0 Å². The van der Waals surface area contributed by atoms with E-state index in [1.807, 2.05) is 0 Å². The van der Waals surface area contributed by atoms with Gasteiger partial charge in [-0.3, -0.25) is 0 Å². The van der Waals surface area contributed by atoms with E-state index >= 15 is 0 Å². The van der Waals surface area contributed by atoms with Gasteiger partial charge >= 0.3 is 6.18 Å².